The van der Waals surface area contributed by atoms with Crippen molar-refractivity contribution < 1.29 is 23.5 Å². The zero-order valence-electron chi connectivity index (χ0n) is 13.7. The summed E-state index contributed by atoms with van der Waals surface area (Å²) < 4.78 is 23.2. The number of esters is 1. The second-order valence-electron chi connectivity index (χ2n) is 5.27. The number of ether oxygens (including phenoxy) is 2. The summed E-state index contributed by atoms with van der Waals surface area (Å²) in [6.07, 6.45) is 0. The van der Waals surface area contributed by atoms with Crippen LogP contribution in [-0.4, -0.2) is 25.6 Å². The molecule has 0 aliphatic heterocycles. The van der Waals surface area contributed by atoms with Crippen LogP contribution in [0.3, 0.4) is 0 Å². The highest BCUT2D eigenvalue weighted by atomic mass is 35.5. The summed E-state index contributed by atoms with van der Waals surface area (Å²) in [4.78, 5) is 23.8. The van der Waals surface area contributed by atoms with Crippen molar-refractivity contribution in [2.45, 2.75) is 13.0 Å². The molecule has 132 valence electrons. The molecule has 0 aliphatic rings. The van der Waals surface area contributed by atoms with Crippen LogP contribution in [0, 0.1) is 5.82 Å². The average molecular weight is 366 g/mol. The second kappa shape index (κ2) is 8.48. The van der Waals surface area contributed by atoms with Crippen LogP contribution < -0.4 is 10.1 Å². The molecule has 0 fully saturated rings. The van der Waals surface area contributed by atoms with Crippen LogP contribution in [0.5, 0.6) is 5.75 Å². The van der Waals surface area contributed by atoms with Crippen molar-refractivity contribution >= 4 is 23.5 Å². The summed E-state index contributed by atoms with van der Waals surface area (Å²) in [6, 6.07) is 10.4. The highest BCUT2D eigenvalue weighted by Crippen LogP contribution is 2.18. The van der Waals surface area contributed by atoms with Crippen molar-refractivity contribution in [2.75, 3.05) is 13.7 Å². The van der Waals surface area contributed by atoms with Gasteiger partial charge in [-0.1, -0.05) is 23.7 Å². The molecule has 0 spiro atoms. The first-order chi connectivity index (χ1) is 11.9. The van der Waals surface area contributed by atoms with Crippen LogP contribution in [0.4, 0.5) is 4.39 Å². The van der Waals surface area contributed by atoms with Gasteiger partial charge in [0.15, 0.2) is 18.2 Å². The Morgan fingerprint density at radius 1 is 1.20 bits per heavy atom. The van der Waals surface area contributed by atoms with Crippen LogP contribution in [0.15, 0.2) is 42.5 Å². The van der Waals surface area contributed by atoms with Crippen molar-refractivity contribution in [1.82, 2.24) is 5.32 Å². The van der Waals surface area contributed by atoms with E-state index in [2.05, 4.69) is 5.32 Å². The van der Waals surface area contributed by atoms with E-state index >= 15 is 0 Å². The normalized spacial score (nSPS) is 11.5. The van der Waals surface area contributed by atoms with E-state index in [9.17, 15) is 14.0 Å². The van der Waals surface area contributed by atoms with Crippen LogP contribution in [0.2, 0.25) is 5.02 Å². The van der Waals surface area contributed by atoms with Gasteiger partial charge in [0.1, 0.15) is 0 Å². The predicted octanol–water partition coefficient (Wildman–Crippen LogP) is 3.52. The van der Waals surface area contributed by atoms with Crippen molar-refractivity contribution in [1.29, 1.82) is 0 Å². The van der Waals surface area contributed by atoms with E-state index in [1.807, 2.05) is 0 Å². The molecule has 2 aromatic carbocycles. The van der Waals surface area contributed by atoms with Crippen molar-refractivity contribution in [3.63, 3.8) is 0 Å². The Balaban J connectivity index is 1.87. The first-order valence-electron chi connectivity index (χ1n) is 7.46. The standard InChI is InChI=1S/C18H17ClFNO4/c1-11(12-3-6-14(19)7-4-12)21-17(22)10-25-18(23)13-5-8-16(24-2)15(20)9-13/h3-9,11H,10H2,1-2H3,(H,21,22)/t11-/m1/s1. The van der Waals surface area contributed by atoms with Gasteiger partial charge in [0.25, 0.3) is 5.91 Å². The minimum absolute atomic E-state index is 0.00292. The lowest BCUT2D eigenvalue weighted by molar-refractivity contribution is -0.124. The molecule has 0 bridgehead atoms. The molecule has 0 heterocycles. The Hall–Kier alpha value is -2.60. The second-order valence-corrected chi connectivity index (χ2v) is 5.70. The Labute approximate surface area is 149 Å². The number of carbonyl (C=O) groups excluding carboxylic acids is 2. The van der Waals surface area contributed by atoms with E-state index in [-0.39, 0.29) is 17.4 Å². The predicted molar refractivity (Wildman–Crippen MR) is 91.2 cm³/mol. The van der Waals surface area contributed by atoms with Crippen LogP contribution >= 0.6 is 11.6 Å². The maximum absolute atomic E-state index is 13.6. The average Bonchev–Trinajstić information content (AvgIpc) is 2.60. The molecule has 1 N–H and O–H groups in total. The van der Waals surface area contributed by atoms with Gasteiger partial charge < -0.3 is 14.8 Å². The van der Waals surface area contributed by atoms with E-state index < -0.39 is 24.3 Å². The summed E-state index contributed by atoms with van der Waals surface area (Å²) in [5.74, 6) is -1.93. The zero-order chi connectivity index (χ0) is 18.4. The van der Waals surface area contributed by atoms with Crippen molar-refractivity contribution in [2.24, 2.45) is 0 Å². The van der Waals surface area contributed by atoms with Gasteiger partial charge in [0, 0.05) is 5.02 Å². The quantitative estimate of drug-likeness (QED) is 0.795. The highest BCUT2D eigenvalue weighted by molar-refractivity contribution is 6.30. The highest BCUT2D eigenvalue weighted by Gasteiger charge is 2.15. The van der Waals surface area contributed by atoms with E-state index in [0.717, 1.165) is 11.6 Å². The van der Waals surface area contributed by atoms with E-state index in [1.54, 1.807) is 31.2 Å². The van der Waals surface area contributed by atoms with Gasteiger partial charge in [-0.25, -0.2) is 9.18 Å². The van der Waals surface area contributed by atoms with E-state index in [0.29, 0.717) is 5.02 Å². The molecule has 0 aliphatic carbocycles. The Bertz CT molecular complexity index is 764. The monoisotopic (exact) mass is 365 g/mol. The summed E-state index contributed by atoms with van der Waals surface area (Å²) in [5.41, 5.74) is 0.859. The number of benzene rings is 2. The number of nitrogens with one attached hydrogen (secondary N) is 1. The van der Waals surface area contributed by atoms with Gasteiger partial charge in [0.05, 0.1) is 18.7 Å². The van der Waals surface area contributed by atoms with Crippen molar-refractivity contribution in [3.8, 4) is 5.75 Å². The summed E-state index contributed by atoms with van der Waals surface area (Å²) >= 11 is 5.82. The molecule has 7 heteroatoms. The maximum Gasteiger partial charge on any atom is 0.338 e. The molecule has 0 aromatic heterocycles. The molecule has 2 aromatic rings. The fourth-order valence-corrected chi connectivity index (χ4v) is 2.25. The number of hydrogen-bond acceptors (Lipinski definition) is 4. The molecule has 1 atom stereocenters. The third kappa shape index (κ3) is 5.19. The van der Waals surface area contributed by atoms with Crippen LogP contribution in [0.25, 0.3) is 0 Å². The maximum atomic E-state index is 13.6. The zero-order valence-corrected chi connectivity index (χ0v) is 14.5. The minimum Gasteiger partial charge on any atom is -0.494 e. The molecule has 25 heavy (non-hydrogen) atoms. The first kappa shape index (κ1) is 18.7. The molecular formula is C18H17ClFNO4. The number of amides is 1. The van der Waals surface area contributed by atoms with Gasteiger partial charge in [0.2, 0.25) is 0 Å². The first-order valence-corrected chi connectivity index (χ1v) is 7.84. The molecule has 0 saturated carbocycles. The Kier molecular flexibility index (Phi) is 6.36. The number of hydrogen-bond donors (Lipinski definition) is 1. The number of methoxy groups -OCH3 is 1. The fraction of sp³-hybridized carbons (Fsp3) is 0.222. The molecular weight excluding hydrogens is 349 g/mol. The molecule has 2 rings (SSSR count). The number of carbonyl (C=O) groups is 2. The van der Waals surface area contributed by atoms with E-state index in [4.69, 9.17) is 21.1 Å². The summed E-state index contributed by atoms with van der Waals surface area (Å²) in [5, 5.41) is 3.30. The SMILES string of the molecule is COc1ccc(C(=O)OCC(=O)N[C@H](C)c2ccc(Cl)cc2)cc1F. The third-order valence-electron chi connectivity index (χ3n) is 3.47. The van der Waals surface area contributed by atoms with Gasteiger partial charge in [-0.2, -0.15) is 0 Å². The van der Waals surface area contributed by atoms with Gasteiger partial charge >= 0.3 is 5.97 Å². The minimum atomic E-state index is -0.796. The van der Waals surface area contributed by atoms with Crippen LogP contribution in [0.1, 0.15) is 28.9 Å². The summed E-state index contributed by atoms with van der Waals surface area (Å²) in [7, 11) is 1.32. The van der Waals surface area contributed by atoms with Crippen molar-refractivity contribution in [3.05, 3.63) is 64.4 Å². The van der Waals surface area contributed by atoms with Gasteiger partial charge in [-0.15, -0.1) is 0 Å². The van der Waals surface area contributed by atoms with E-state index in [1.165, 1.54) is 19.2 Å². The molecule has 5 nitrogen and oxygen atoms in total. The lowest BCUT2D eigenvalue weighted by atomic mass is 10.1. The Morgan fingerprint density at radius 2 is 1.88 bits per heavy atom. The molecule has 0 unspecified atom stereocenters. The largest absolute Gasteiger partial charge is 0.494 e. The van der Waals surface area contributed by atoms with Gasteiger partial charge in [-0.05, 0) is 42.8 Å². The topological polar surface area (TPSA) is 64.6 Å². The third-order valence-corrected chi connectivity index (χ3v) is 3.72. The lowest BCUT2D eigenvalue weighted by Crippen LogP contribution is -2.31. The number of rotatable bonds is 6. The molecule has 1 amide bonds. The molecule has 0 radical (unpaired) electrons. The smallest absolute Gasteiger partial charge is 0.338 e. The lowest BCUT2D eigenvalue weighted by Gasteiger charge is -2.14. The molecule has 0 saturated heterocycles. The Morgan fingerprint density at radius 3 is 2.48 bits per heavy atom. The fourth-order valence-electron chi connectivity index (χ4n) is 2.13. The van der Waals surface area contributed by atoms with Gasteiger partial charge in [-0.3, -0.25) is 4.79 Å². The van der Waals surface area contributed by atoms with Crippen LogP contribution in [-0.2, 0) is 9.53 Å². The summed E-state index contributed by atoms with van der Waals surface area (Å²) in [6.45, 7) is 1.33. The number of halogens is 2.